The lowest BCUT2D eigenvalue weighted by atomic mass is 10.00. The second kappa shape index (κ2) is 5.87. The van der Waals surface area contributed by atoms with Crippen LogP contribution in [0.25, 0.3) is 11.1 Å². The van der Waals surface area contributed by atoms with Crippen molar-refractivity contribution >= 4 is 17.4 Å². The molecule has 0 radical (unpaired) electrons. The second-order valence-corrected chi connectivity index (χ2v) is 3.79. The first-order chi connectivity index (χ1) is 8.86. The Morgan fingerprint density at radius 1 is 1.06 bits per heavy atom. The minimum absolute atomic E-state index is 0.608. The Kier molecular flexibility index (Phi) is 3.97. The Balaban J connectivity index is 2.57. The lowest BCUT2D eigenvalue weighted by molar-refractivity contribution is -0.103. The topological polar surface area (TPSA) is 42.9 Å². The Labute approximate surface area is 106 Å². The maximum Gasteiger partial charge on any atom is 0.152 e. The highest BCUT2D eigenvalue weighted by Gasteiger charge is 2.11. The molecule has 0 bridgehead atoms. The third kappa shape index (κ3) is 2.51. The van der Waals surface area contributed by atoms with E-state index >= 15 is 0 Å². The molecule has 0 unspecified atom stereocenters. The summed E-state index contributed by atoms with van der Waals surface area (Å²) in [5.41, 5.74) is 3.05. The summed E-state index contributed by atoms with van der Waals surface area (Å²) in [7, 11) is 0. The molecular weight excluding hydrogens is 224 g/mol. The highest BCUT2D eigenvalue weighted by atomic mass is 16.1. The van der Waals surface area contributed by atoms with Crippen molar-refractivity contribution in [1.29, 1.82) is 0 Å². The number of hydrogen-bond acceptors (Lipinski definition) is 3. The van der Waals surface area contributed by atoms with Gasteiger partial charge in [-0.15, -0.1) is 0 Å². The minimum atomic E-state index is 0.608. The van der Waals surface area contributed by atoms with Crippen molar-refractivity contribution in [1.82, 2.24) is 9.97 Å². The van der Waals surface area contributed by atoms with Crippen LogP contribution in [0.3, 0.4) is 0 Å². The fraction of sp³-hybridized carbons (Fsp3) is 0.133. The largest absolute Gasteiger partial charge is 0.298 e. The molecule has 0 amide bonds. The number of aldehydes is 1. The monoisotopic (exact) mass is 238 g/mol. The minimum Gasteiger partial charge on any atom is -0.298 e. The van der Waals surface area contributed by atoms with Crippen molar-refractivity contribution in [2.24, 2.45) is 0 Å². The van der Waals surface area contributed by atoms with Crippen LogP contribution in [-0.4, -0.2) is 16.3 Å². The highest BCUT2D eigenvalue weighted by Crippen LogP contribution is 2.24. The number of allylic oxidation sites excluding steroid dienone is 2. The van der Waals surface area contributed by atoms with Gasteiger partial charge in [0.15, 0.2) is 6.29 Å². The summed E-state index contributed by atoms with van der Waals surface area (Å²) in [5, 5.41) is 0. The van der Waals surface area contributed by atoms with Crippen LogP contribution in [0.2, 0.25) is 0 Å². The second-order valence-electron chi connectivity index (χ2n) is 3.79. The van der Waals surface area contributed by atoms with E-state index in [9.17, 15) is 4.79 Å². The number of carbonyl (C=O) groups is 1. The van der Waals surface area contributed by atoms with Crippen molar-refractivity contribution in [3.05, 3.63) is 60.2 Å². The first kappa shape index (κ1) is 12.2. The number of aromatic nitrogens is 2. The first-order valence-electron chi connectivity index (χ1n) is 5.88. The Morgan fingerprint density at radius 3 is 2.11 bits per heavy atom. The molecule has 3 nitrogen and oxygen atoms in total. The van der Waals surface area contributed by atoms with Crippen molar-refractivity contribution in [2.45, 2.75) is 13.3 Å². The lowest BCUT2D eigenvalue weighted by Crippen LogP contribution is -1.97. The van der Waals surface area contributed by atoms with E-state index in [2.05, 4.69) is 9.97 Å². The maximum atomic E-state index is 11.4. The van der Waals surface area contributed by atoms with E-state index in [1.165, 1.54) is 0 Å². The zero-order valence-corrected chi connectivity index (χ0v) is 10.2. The molecule has 0 aromatic carbocycles. The van der Waals surface area contributed by atoms with Gasteiger partial charge >= 0.3 is 0 Å². The van der Waals surface area contributed by atoms with Crippen LogP contribution in [0.5, 0.6) is 0 Å². The molecule has 0 atom stereocenters. The molecule has 3 heteroatoms. The van der Waals surface area contributed by atoms with Crippen LogP contribution in [0, 0.1) is 0 Å². The maximum absolute atomic E-state index is 11.4. The van der Waals surface area contributed by atoms with Gasteiger partial charge in [-0.1, -0.05) is 19.1 Å². The molecule has 0 aliphatic heterocycles. The molecule has 0 aliphatic rings. The summed E-state index contributed by atoms with van der Waals surface area (Å²) in [6.07, 6.45) is 5.01. The van der Waals surface area contributed by atoms with E-state index in [4.69, 9.17) is 0 Å². The SMILES string of the molecule is CC/C(=C(\C=O)c1ccccn1)c1ccccn1. The van der Waals surface area contributed by atoms with E-state index in [-0.39, 0.29) is 0 Å². The third-order valence-electron chi connectivity index (χ3n) is 2.71. The zero-order valence-electron chi connectivity index (χ0n) is 10.2. The number of nitrogens with zero attached hydrogens (tertiary/aromatic N) is 2. The van der Waals surface area contributed by atoms with Crippen LogP contribution in [-0.2, 0) is 4.79 Å². The predicted molar refractivity (Wildman–Crippen MR) is 71.6 cm³/mol. The van der Waals surface area contributed by atoms with Gasteiger partial charge in [0.1, 0.15) is 0 Å². The molecule has 2 rings (SSSR count). The van der Waals surface area contributed by atoms with Gasteiger partial charge in [0.2, 0.25) is 0 Å². The van der Waals surface area contributed by atoms with Crippen molar-refractivity contribution in [3.63, 3.8) is 0 Å². The summed E-state index contributed by atoms with van der Waals surface area (Å²) < 4.78 is 0. The Hall–Kier alpha value is -2.29. The summed E-state index contributed by atoms with van der Waals surface area (Å²) in [6, 6.07) is 11.2. The van der Waals surface area contributed by atoms with Gasteiger partial charge in [-0.05, 0) is 36.3 Å². The number of rotatable bonds is 4. The van der Waals surface area contributed by atoms with Gasteiger partial charge in [0, 0.05) is 18.0 Å². The molecule has 0 fully saturated rings. The van der Waals surface area contributed by atoms with Gasteiger partial charge in [-0.2, -0.15) is 0 Å². The van der Waals surface area contributed by atoms with Crippen LogP contribution >= 0.6 is 0 Å². The van der Waals surface area contributed by atoms with E-state index in [0.717, 1.165) is 24.0 Å². The molecule has 2 aromatic heterocycles. The van der Waals surface area contributed by atoms with Crippen LogP contribution in [0.1, 0.15) is 24.7 Å². The van der Waals surface area contributed by atoms with E-state index in [1.807, 2.05) is 43.3 Å². The van der Waals surface area contributed by atoms with E-state index < -0.39 is 0 Å². The number of hydrogen-bond donors (Lipinski definition) is 0. The third-order valence-corrected chi connectivity index (χ3v) is 2.71. The molecule has 2 aromatic rings. The van der Waals surface area contributed by atoms with Crippen molar-refractivity contribution < 1.29 is 4.79 Å². The molecule has 0 saturated carbocycles. The van der Waals surface area contributed by atoms with Crippen molar-refractivity contribution in [3.8, 4) is 0 Å². The number of pyridine rings is 2. The summed E-state index contributed by atoms with van der Waals surface area (Å²) in [6.45, 7) is 2.01. The molecule has 0 aliphatic carbocycles. The normalized spacial score (nSPS) is 11.8. The molecular formula is C15H14N2O. The Bertz CT molecular complexity index is 547. The average molecular weight is 238 g/mol. The van der Waals surface area contributed by atoms with Gasteiger partial charge in [0.05, 0.1) is 11.4 Å². The van der Waals surface area contributed by atoms with Crippen molar-refractivity contribution in [2.75, 3.05) is 0 Å². The fourth-order valence-corrected chi connectivity index (χ4v) is 1.86. The quantitative estimate of drug-likeness (QED) is 0.607. The zero-order chi connectivity index (χ0) is 12.8. The van der Waals surface area contributed by atoms with Crippen LogP contribution in [0.4, 0.5) is 0 Å². The van der Waals surface area contributed by atoms with Gasteiger partial charge in [0.25, 0.3) is 0 Å². The lowest BCUT2D eigenvalue weighted by Gasteiger charge is -2.08. The molecule has 0 spiro atoms. The standard InChI is InChI=1S/C15H14N2O/c1-2-12(14-7-3-5-9-16-14)13(11-18)15-8-4-6-10-17-15/h3-11H,2H2,1H3/b13-12-. The summed E-state index contributed by atoms with van der Waals surface area (Å²) >= 11 is 0. The molecule has 2 heterocycles. The summed E-state index contributed by atoms with van der Waals surface area (Å²) in [4.78, 5) is 19.9. The van der Waals surface area contributed by atoms with Crippen LogP contribution < -0.4 is 0 Å². The molecule has 0 N–H and O–H groups in total. The van der Waals surface area contributed by atoms with E-state index in [0.29, 0.717) is 11.3 Å². The highest BCUT2D eigenvalue weighted by molar-refractivity contribution is 6.16. The molecule has 18 heavy (non-hydrogen) atoms. The Morgan fingerprint density at radius 2 is 1.67 bits per heavy atom. The van der Waals surface area contributed by atoms with Crippen LogP contribution in [0.15, 0.2) is 48.8 Å². The van der Waals surface area contributed by atoms with Gasteiger partial charge in [-0.25, -0.2) is 0 Å². The number of carbonyl (C=O) groups excluding carboxylic acids is 1. The molecule has 90 valence electrons. The molecule has 0 saturated heterocycles. The van der Waals surface area contributed by atoms with E-state index in [1.54, 1.807) is 12.4 Å². The van der Waals surface area contributed by atoms with Gasteiger partial charge < -0.3 is 0 Å². The first-order valence-corrected chi connectivity index (χ1v) is 5.88. The summed E-state index contributed by atoms with van der Waals surface area (Å²) in [5.74, 6) is 0. The van der Waals surface area contributed by atoms with Gasteiger partial charge in [-0.3, -0.25) is 14.8 Å². The smallest absolute Gasteiger partial charge is 0.152 e. The fourth-order valence-electron chi connectivity index (χ4n) is 1.86. The average Bonchev–Trinajstić information content (AvgIpc) is 2.46. The predicted octanol–water partition coefficient (Wildman–Crippen LogP) is 3.00.